The van der Waals surface area contributed by atoms with Crippen molar-refractivity contribution in [3.63, 3.8) is 0 Å². The van der Waals surface area contributed by atoms with Crippen LogP contribution in [0.25, 0.3) is 0 Å². The van der Waals surface area contributed by atoms with Crippen LogP contribution < -0.4 is 10.6 Å². The summed E-state index contributed by atoms with van der Waals surface area (Å²) in [6.45, 7) is 1.93. The average molecular weight is 322 g/mol. The van der Waals surface area contributed by atoms with Crippen LogP contribution in [0.5, 0.6) is 0 Å². The molecule has 6 heteroatoms. The first-order valence-electron chi connectivity index (χ1n) is 7.66. The molecule has 0 aliphatic heterocycles. The molecule has 0 saturated heterocycles. The van der Waals surface area contributed by atoms with Crippen LogP contribution >= 0.6 is 0 Å². The van der Waals surface area contributed by atoms with Crippen molar-refractivity contribution >= 4 is 17.3 Å². The normalized spacial score (nSPS) is 10.4. The molecule has 0 fully saturated rings. The van der Waals surface area contributed by atoms with E-state index in [4.69, 9.17) is 4.42 Å². The van der Waals surface area contributed by atoms with Crippen molar-refractivity contribution < 1.29 is 9.21 Å². The molecular formula is C18H18N4O2. The fourth-order valence-electron chi connectivity index (χ4n) is 2.25. The molecule has 0 unspecified atom stereocenters. The van der Waals surface area contributed by atoms with E-state index in [1.54, 1.807) is 0 Å². The van der Waals surface area contributed by atoms with Gasteiger partial charge in [0.15, 0.2) is 0 Å². The second-order valence-corrected chi connectivity index (χ2v) is 5.36. The third-order valence-electron chi connectivity index (χ3n) is 3.36. The van der Waals surface area contributed by atoms with E-state index in [0.29, 0.717) is 24.7 Å². The zero-order valence-corrected chi connectivity index (χ0v) is 13.3. The van der Waals surface area contributed by atoms with Gasteiger partial charge in [-0.3, -0.25) is 4.79 Å². The van der Waals surface area contributed by atoms with Crippen molar-refractivity contribution in [2.45, 2.75) is 19.9 Å². The summed E-state index contributed by atoms with van der Waals surface area (Å²) >= 11 is 0. The Morgan fingerprint density at radius 2 is 1.62 bits per heavy atom. The van der Waals surface area contributed by atoms with Gasteiger partial charge in [0.2, 0.25) is 17.7 Å². The third kappa shape index (κ3) is 4.42. The summed E-state index contributed by atoms with van der Waals surface area (Å²) in [5.41, 5.74) is 2.80. The van der Waals surface area contributed by atoms with Gasteiger partial charge in [-0.05, 0) is 29.8 Å². The van der Waals surface area contributed by atoms with Crippen LogP contribution in [0.1, 0.15) is 24.3 Å². The Hall–Kier alpha value is -3.15. The molecule has 0 bridgehead atoms. The zero-order chi connectivity index (χ0) is 16.8. The zero-order valence-electron chi connectivity index (χ0n) is 13.3. The molecule has 6 nitrogen and oxygen atoms in total. The standard InChI is InChI=1S/C18H18N4O2/c1-13(23)20-16-9-7-15(8-10-16)19-12-18-22-21-17(24-18)11-14-5-3-2-4-6-14/h2-10,19H,11-12H2,1H3,(H,20,23). The molecule has 3 aromatic rings. The van der Waals surface area contributed by atoms with E-state index in [1.165, 1.54) is 6.92 Å². The Balaban J connectivity index is 1.54. The first kappa shape index (κ1) is 15.7. The predicted molar refractivity (Wildman–Crippen MR) is 91.6 cm³/mol. The van der Waals surface area contributed by atoms with Gasteiger partial charge in [0.25, 0.3) is 0 Å². The minimum Gasteiger partial charge on any atom is -0.423 e. The summed E-state index contributed by atoms with van der Waals surface area (Å²) in [5.74, 6) is 1.04. The van der Waals surface area contributed by atoms with Crippen LogP contribution in [-0.4, -0.2) is 16.1 Å². The highest BCUT2D eigenvalue weighted by Crippen LogP contribution is 2.15. The third-order valence-corrected chi connectivity index (χ3v) is 3.36. The molecule has 2 aromatic carbocycles. The molecule has 3 rings (SSSR count). The van der Waals surface area contributed by atoms with Crippen molar-refractivity contribution in [1.82, 2.24) is 10.2 Å². The van der Waals surface area contributed by atoms with Crippen molar-refractivity contribution in [3.05, 3.63) is 71.9 Å². The van der Waals surface area contributed by atoms with E-state index in [-0.39, 0.29) is 5.91 Å². The molecule has 1 heterocycles. The van der Waals surface area contributed by atoms with Gasteiger partial charge in [0.1, 0.15) is 0 Å². The summed E-state index contributed by atoms with van der Waals surface area (Å²) in [7, 11) is 0. The predicted octanol–water partition coefficient (Wildman–Crippen LogP) is 3.23. The van der Waals surface area contributed by atoms with Crippen molar-refractivity contribution in [2.24, 2.45) is 0 Å². The minimum atomic E-state index is -0.0903. The number of rotatable bonds is 6. The van der Waals surface area contributed by atoms with Gasteiger partial charge in [-0.25, -0.2) is 0 Å². The first-order chi connectivity index (χ1) is 11.7. The summed E-state index contributed by atoms with van der Waals surface area (Å²) in [6, 6.07) is 17.4. The molecular weight excluding hydrogens is 304 g/mol. The number of nitrogens with one attached hydrogen (secondary N) is 2. The Labute approximate surface area is 139 Å². The quantitative estimate of drug-likeness (QED) is 0.728. The fourth-order valence-corrected chi connectivity index (χ4v) is 2.25. The molecule has 0 saturated carbocycles. The molecule has 122 valence electrons. The molecule has 0 atom stereocenters. The van der Waals surface area contributed by atoms with Gasteiger partial charge in [0.05, 0.1) is 13.0 Å². The number of hydrogen-bond acceptors (Lipinski definition) is 5. The smallest absolute Gasteiger partial charge is 0.235 e. The molecule has 0 aliphatic carbocycles. The van der Waals surface area contributed by atoms with E-state index in [0.717, 1.165) is 16.9 Å². The lowest BCUT2D eigenvalue weighted by atomic mass is 10.2. The SMILES string of the molecule is CC(=O)Nc1ccc(NCc2nnc(Cc3ccccc3)o2)cc1. The summed E-state index contributed by atoms with van der Waals surface area (Å²) < 4.78 is 5.64. The van der Waals surface area contributed by atoms with Crippen LogP contribution in [0, 0.1) is 0 Å². The van der Waals surface area contributed by atoms with Gasteiger partial charge >= 0.3 is 0 Å². The Morgan fingerprint density at radius 1 is 0.958 bits per heavy atom. The Kier molecular flexibility index (Phi) is 4.86. The molecule has 0 spiro atoms. The van der Waals surface area contributed by atoms with Crippen molar-refractivity contribution in [3.8, 4) is 0 Å². The lowest BCUT2D eigenvalue weighted by Gasteiger charge is -2.05. The van der Waals surface area contributed by atoms with Gasteiger partial charge in [-0.2, -0.15) is 0 Å². The van der Waals surface area contributed by atoms with E-state index >= 15 is 0 Å². The second-order valence-electron chi connectivity index (χ2n) is 5.36. The lowest BCUT2D eigenvalue weighted by molar-refractivity contribution is -0.114. The summed E-state index contributed by atoms with van der Waals surface area (Å²) in [5, 5.41) is 14.0. The van der Waals surface area contributed by atoms with Crippen LogP contribution in [0.15, 0.2) is 59.0 Å². The molecule has 0 aliphatic rings. The number of amides is 1. The number of aromatic nitrogens is 2. The van der Waals surface area contributed by atoms with E-state index in [1.807, 2.05) is 54.6 Å². The van der Waals surface area contributed by atoms with Crippen LogP contribution in [0.4, 0.5) is 11.4 Å². The maximum Gasteiger partial charge on any atom is 0.235 e. The van der Waals surface area contributed by atoms with Crippen LogP contribution in [0.2, 0.25) is 0 Å². The number of benzene rings is 2. The highest BCUT2D eigenvalue weighted by molar-refractivity contribution is 5.88. The summed E-state index contributed by atoms with van der Waals surface area (Å²) in [4.78, 5) is 11.0. The number of hydrogen-bond donors (Lipinski definition) is 2. The van der Waals surface area contributed by atoms with Gasteiger partial charge < -0.3 is 15.1 Å². The van der Waals surface area contributed by atoms with Gasteiger partial charge in [0, 0.05) is 18.3 Å². The first-order valence-corrected chi connectivity index (χ1v) is 7.66. The molecule has 1 amide bonds. The molecule has 24 heavy (non-hydrogen) atoms. The molecule has 0 radical (unpaired) electrons. The van der Waals surface area contributed by atoms with E-state index in [9.17, 15) is 4.79 Å². The number of anilines is 2. The minimum absolute atomic E-state index is 0.0903. The fraction of sp³-hybridized carbons (Fsp3) is 0.167. The number of carbonyl (C=O) groups excluding carboxylic acids is 1. The maximum atomic E-state index is 11.0. The van der Waals surface area contributed by atoms with Gasteiger partial charge in [-0.15, -0.1) is 10.2 Å². The largest absolute Gasteiger partial charge is 0.423 e. The number of nitrogens with zero attached hydrogens (tertiary/aromatic N) is 2. The topological polar surface area (TPSA) is 80.0 Å². The molecule has 2 N–H and O–H groups in total. The van der Waals surface area contributed by atoms with Crippen molar-refractivity contribution in [2.75, 3.05) is 10.6 Å². The molecule has 1 aromatic heterocycles. The van der Waals surface area contributed by atoms with Crippen LogP contribution in [-0.2, 0) is 17.8 Å². The summed E-state index contributed by atoms with van der Waals surface area (Å²) in [6.07, 6.45) is 0.624. The van der Waals surface area contributed by atoms with Gasteiger partial charge in [-0.1, -0.05) is 30.3 Å². The van der Waals surface area contributed by atoms with Crippen LogP contribution in [0.3, 0.4) is 0 Å². The Bertz CT molecular complexity index is 797. The second kappa shape index (κ2) is 7.41. The number of carbonyl (C=O) groups is 1. The maximum absolute atomic E-state index is 11.0. The average Bonchev–Trinajstić information content (AvgIpc) is 3.02. The highest BCUT2D eigenvalue weighted by atomic mass is 16.4. The van der Waals surface area contributed by atoms with Crippen molar-refractivity contribution in [1.29, 1.82) is 0 Å². The lowest BCUT2D eigenvalue weighted by Crippen LogP contribution is -2.05. The monoisotopic (exact) mass is 322 g/mol. The Morgan fingerprint density at radius 3 is 2.33 bits per heavy atom. The highest BCUT2D eigenvalue weighted by Gasteiger charge is 2.07. The van der Waals surface area contributed by atoms with E-state index < -0.39 is 0 Å². The van der Waals surface area contributed by atoms with E-state index in [2.05, 4.69) is 20.8 Å².